The van der Waals surface area contributed by atoms with Crippen LogP contribution in [0.15, 0.2) is 52.2 Å². The van der Waals surface area contributed by atoms with E-state index in [1.165, 1.54) is 0 Å². The number of H-pyrrole nitrogens is 1. The Bertz CT molecular complexity index is 558. The predicted octanol–water partition coefficient (Wildman–Crippen LogP) is 2.93. The first-order valence-electron chi connectivity index (χ1n) is 5.41. The highest BCUT2D eigenvalue weighted by molar-refractivity contribution is 9.10. The van der Waals surface area contributed by atoms with E-state index in [0.29, 0.717) is 5.69 Å². The van der Waals surface area contributed by atoms with Gasteiger partial charge in [0, 0.05) is 10.7 Å². The number of halogens is 1. The Balaban J connectivity index is 2.05. The van der Waals surface area contributed by atoms with Gasteiger partial charge in [-0.1, -0.05) is 28.1 Å². The summed E-state index contributed by atoms with van der Waals surface area (Å²) in [5.74, 6) is -0.253. The number of aromatic amines is 1. The van der Waals surface area contributed by atoms with Crippen LogP contribution in [0.3, 0.4) is 0 Å². The fraction of sp³-hybridized carbons (Fsp3) is 0.0769. The molecule has 18 heavy (non-hydrogen) atoms. The lowest BCUT2D eigenvalue weighted by Gasteiger charge is -2.02. The van der Waals surface area contributed by atoms with Crippen LogP contribution in [0.2, 0.25) is 0 Å². The molecule has 1 aromatic carbocycles. The van der Waals surface area contributed by atoms with E-state index in [9.17, 15) is 4.79 Å². The lowest BCUT2D eigenvalue weighted by atomic mass is 10.1. The van der Waals surface area contributed by atoms with Gasteiger partial charge in [0.2, 0.25) is 0 Å². The molecule has 0 aliphatic heterocycles. The summed E-state index contributed by atoms with van der Waals surface area (Å²) in [5.41, 5.74) is 4.71. The van der Waals surface area contributed by atoms with Crippen LogP contribution < -0.4 is 5.43 Å². The average molecular weight is 306 g/mol. The summed E-state index contributed by atoms with van der Waals surface area (Å²) in [6.45, 7) is 1.85. The minimum atomic E-state index is -0.253. The molecule has 0 fully saturated rings. The predicted molar refractivity (Wildman–Crippen MR) is 74.6 cm³/mol. The number of carbonyl (C=O) groups is 1. The standard InChI is InChI=1S/C13H12BrN3O/c1-9(10-4-6-11(14)7-5-10)16-17-13(18)12-3-2-8-15-12/h2-8,15H,1H3,(H,17,18)/b16-9-. The van der Waals surface area contributed by atoms with Crippen molar-refractivity contribution in [3.05, 3.63) is 58.3 Å². The summed E-state index contributed by atoms with van der Waals surface area (Å²) in [5, 5.41) is 4.06. The molecule has 0 aliphatic rings. The van der Waals surface area contributed by atoms with Gasteiger partial charge in [0.05, 0.1) is 5.71 Å². The molecule has 1 amide bonds. The zero-order valence-corrected chi connectivity index (χ0v) is 11.4. The van der Waals surface area contributed by atoms with Gasteiger partial charge < -0.3 is 4.98 Å². The average Bonchev–Trinajstić information content (AvgIpc) is 2.90. The maximum Gasteiger partial charge on any atom is 0.287 e. The van der Waals surface area contributed by atoms with Gasteiger partial charge in [0.1, 0.15) is 5.69 Å². The molecule has 0 saturated carbocycles. The molecule has 0 bridgehead atoms. The molecular weight excluding hydrogens is 294 g/mol. The van der Waals surface area contributed by atoms with Gasteiger partial charge in [-0.05, 0) is 36.8 Å². The van der Waals surface area contributed by atoms with Crippen LogP contribution in [0.4, 0.5) is 0 Å². The zero-order valence-electron chi connectivity index (χ0n) is 9.77. The van der Waals surface area contributed by atoms with Gasteiger partial charge in [0.25, 0.3) is 5.91 Å². The number of aromatic nitrogens is 1. The zero-order chi connectivity index (χ0) is 13.0. The number of amides is 1. The van der Waals surface area contributed by atoms with Gasteiger partial charge in [-0.25, -0.2) is 5.43 Å². The molecule has 0 unspecified atom stereocenters. The van der Waals surface area contributed by atoms with Crippen molar-refractivity contribution in [3.63, 3.8) is 0 Å². The molecule has 2 rings (SSSR count). The molecule has 0 spiro atoms. The molecule has 1 heterocycles. The van der Waals surface area contributed by atoms with Gasteiger partial charge in [0.15, 0.2) is 0 Å². The Morgan fingerprint density at radius 1 is 1.28 bits per heavy atom. The van der Waals surface area contributed by atoms with Crippen molar-refractivity contribution in [2.75, 3.05) is 0 Å². The fourth-order valence-corrected chi connectivity index (χ4v) is 1.69. The first-order chi connectivity index (χ1) is 8.66. The normalized spacial score (nSPS) is 11.3. The maximum atomic E-state index is 11.6. The second-order valence-corrected chi connectivity index (χ2v) is 4.64. The van der Waals surface area contributed by atoms with E-state index in [2.05, 4.69) is 31.4 Å². The fourth-order valence-electron chi connectivity index (χ4n) is 1.42. The van der Waals surface area contributed by atoms with Gasteiger partial charge in [-0.2, -0.15) is 5.10 Å². The summed E-state index contributed by atoms with van der Waals surface area (Å²) in [4.78, 5) is 14.5. The number of rotatable bonds is 3. The number of nitrogens with zero attached hydrogens (tertiary/aromatic N) is 1. The number of benzene rings is 1. The smallest absolute Gasteiger partial charge is 0.287 e. The van der Waals surface area contributed by atoms with Crippen LogP contribution in [0.5, 0.6) is 0 Å². The third kappa shape index (κ3) is 3.07. The maximum absolute atomic E-state index is 11.6. The third-order valence-electron chi connectivity index (χ3n) is 2.43. The highest BCUT2D eigenvalue weighted by atomic mass is 79.9. The summed E-state index contributed by atoms with van der Waals surface area (Å²) in [6, 6.07) is 11.2. The van der Waals surface area contributed by atoms with E-state index in [-0.39, 0.29) is 5.91 Å². The van der Waals surface area contributed by atoms with E-state index in [4.69, 9.17) is 0 Å². The van der Waals surface area contributed by atoms with Crippen LogP contribution in [0.25, 0.3) is 0 Å². The Labute approximate surface area is 113 Å². The van der Waals surface area contributed by atoms with Gasteiger partial charge in [-0.15, -0.1) is 0 Å². The minimum Gasteiger partial charge on any atom is -0.357 e. The minimum absolute atomic E-state index is 0.253. The second-order valence-electron chi connectivity index (χ2n) is 3.73. The van der Waals surface area contributed by atoms with Crippen LogP contribution >= 0.6 is 15.9 Å². The number of hydrogen-bond acceptors (Lipinski definition) is 2. The lowest BCUT2D eigenvalue weighted by molar-refractivity contribution is 0.0950. The molecule has 2 aromatic rings. The lowest BCUT2D eigenvalue weighted by Crippen LogP contribution is -2.19. The molecule has 0 atom stereocenters. The van der Waals surface area contributed by atoms with Crippen molar-refractivity contribution in [1.29, 1.82) is 0 Å². The summed E-state index contributed by atoms with van der Waals surface area (Å²) < 4.78 is 1.01. The number of nitrogens with one attached hydrogen (secondary N) is 2. The van der Waals surface area contributed by atoms with Crippen molar-refractivity contribution < 1.29 is 4.79 Å². The SMILES string of the molecule is C/C(=N/NC(=O)c1ccc[nH]1)c1ccc(Br)cc1. The van der Waals surface area contributed by atoms with E-state index < -0.39 is 0 Å². The Morgan fingerprint density at radius 3 is 2.61 bits per heavy atom. The summed E-state index contributed by atoms with van der Waals surface area (Å²) >= 11 is 3.37. The van der Waals surface area contributed by atoms with Crippen molar-refractivity contribution in [2.24, 2.45) is 5.10 Å². The summed E-state index contributed by atoms with van der Waals surface area (Å²) in [7, 11) is 0. The Kier molecular flexibility index (Phi) is 3.94. The topological polar surface area (TPSA) is 57.2 Å². The van der Waals surface area contributed by atoms with Crippen LogP contribution in [-0.4, -0.2) is 16.6 Å². The molecule has 1 aromatic heterocycles. The number of hydrazone groups is 1. The molecule has 92 valence electrons. The molecule has 0 radical (unpaired) electrons. The van der Waals surface area contributed by atoms with Crippen molar-refractivity contribution in [2.45, 2.75) is 6.92 Å². The highest BCUT2D eigenvalue weighted by Gasteiger charge is 2.04. The molecule has 0 aliphatic carbocycles. The number of hydrogen-bond donors (Lipinski definition) is 2. The second kappa shape index (κ2) is 5.64. The van der Waals surface area contributed by atoms with E-state index in [1.807, 2.05) is 31.2 Å². The first-order valence-corrected chi connectivity index (χ1v) is 6.20. The van der Waals surface area contributed by atoms with Crippen molar-refractivity contribution in [1.82, 2.24) is 10.4 Å². The molecule has 2 N–H and O–H groups in total. The Hall–Kier alpha value is -1.88. The quantitative estimate of drug-likeness (QED) is 0.665. The van der Waals surface area contributed by atoms with E-state index in [0.717, 1.165) is 15.7 Å². The van der Waals surface area contributed by atoms with Crippen LogP contribution in [-0.2, 0) is 0 Å². The van der Waals surface area contributed by atoms with Gasteiger partial charge in [-0.3, -0.25) is 4.79 Å². The van der Waals surface area contributed by atoms with E-state index >= 15 is 0 Å². The van der Waals surface area contributed by atoms with Crippen LogP contribution in [0.1, 0.15) is 23.0 Å². The molecule has 5 heteroatoms. The van der Waals surface area contributed by atoms with Crippen LogP contribution in [0, 0.1) is 0 Å². The van der Waals surface area contributed by atoms with Gasteiger partial charge >= 0.3 is 0 Å². The van der Waals surface area contributed by atoms with Crippen molar-refractivity contribution in [3.8, 4) is 0 Å². The molecular formula is C13H12BrN3O. The monoisotopic (exact) mass is 305 g/mol. The molecule has 4 nitrogen and oxygen atoms in total. The number of carbonyl (C=O) groups excluding carboxylic acids is 1. The largest absolute Gasteiger partial charge is 0.357 e. The Morgan fingerprint density at radius 2 is 2.00 bits per heavy atom. The highest BCUT2D eigenvalue weighted by Crippen LogP contribution is 2.11. The third-order valence-corrected chi connectivity index (χ3v) is 2.96. The molecule has 0 saturated heterocycles. The summed E-state index contributed by atoms with van der Waals surface area (Å²) in [6.07, 6.45) is 1.69. The first kappa shape index (κ1) is 12.6. The van der Waals surface area contributed by atoms with Crippen molar-refractivity contribution >= 4 is 27.5 Å². The van der Waals surface area contributed by atoms with E-state index in [1.54, 1.807) is 18.3 Å².